The van der Waals surface area contributed by atoms with Crippen molar-refractivity contribution in [2.75, 3.05) is 26.7 Å². The molecule has 6 nitrogen and oxygen atoms in total. The van der Waals surface area contributed by atoms with E-state index in [1.54, 1.807) is 19.2 Å². The van der Waals surface area contributed by atoms with Gasteiger partial charge >= 0.3 is 0 Å². The lowest BCUT2D eigenvalue weighted by Gasteiger charge is -2.27. The van der Waals surface area contributed by atoms with Crippen molar-refractivity contribution < 1.29 is 14.0 Å². The van der Waals surface area contributed by atoms with Crippen LogP contribution in [0.5, 0.6) is 0 Å². The first-order chi connectivity index (χ1) is 14.3. The molecule has 4 rings (SSSR count). The zero-order valence-electron chi connectivity index (χ0n) is 18.1. The summed E-state index contributed by atoms with van der Waals surface area (Å²) in [7, 11) is 1.66. The molecule has 1 heterocycles. The van der Waals surface area contributed by atoms with Crippen LogP contribution in [0, 0.1) is 29.5 Å². The number of hydrogen-bond donors (Lipinski definition) is 2. The molecule has 2 fully saturated rings. The third-order valence-electron chi connectivity index (χ3n) is 6.71. The minimum absolute atomic E-state index is 0. The van der Waals surface area contributed by atoms with Gasteiger partial charge in [-0.05, 0) is 29.9 Å². The van der Waals surface area contributed by atoms with Gasteiger partial charge in [-0.15, -0.1) is 24.0 Å². The zero-order chi connectivity index (χ0) is 21.5. The quantitative estimate of drug-likeness (QED) is 0.192. The molecule has 4 unspecified atom stereocenters. The monoisotopic (exact) mass is 540 g/mol. The Hall–Kier alpha value is -1.97. The van der Waals surface area contributed by atoms with Crippen molar-refractivity contribution >= 4 is 41.8 Å². The van der Waals surface area contributed by atoms with E-state index in [2.05, 4.69) is 27.8 Å². The molecular weight excluding hydrogens is 510 g/mol. The number of carbonyl (C=O) groups excluding carboxylic acids is 2. The van der Waals surface area contributed by atoms with Gasteiger partial charge in [0.25, 0.3) is 0 Å². The molecule has 0 spiro atoms. The van der Waals surface area contributed by atoms with E-state index in [-0.39, 0.29) is 65.3 Å². The summed E-state index contributed by atoms with van der Waals surface area (Å²) < 4.78 is 14.1. The second kappa shape index (κ2) is 9.26. The van der Waals surface area contributed by atoms with Gasteiger partial charge in [0.1, 0.15) is 5.82 Å². The molecule has 0 radical (unpaired) electrons. The Balaban J connectivity index is 0.00000272. The molecular formula is C23H30FIN4O2. The molecule has 31 heavy (non-hydrogen) atoms. The number of carbonyl (C=O) groups is 2. The number of aliphatic imine (C=N–C) groups is 1. The summed E-state index contributed by atoms with van der Waals surface area (Å²) in [6, 6.07) is 6.76. The molecule has 0 aromatic heterocycles. The van der Waals surface area contributed by atoms with E-state index in [1.807, 2.05) is 19.9 Å². The maximum atomic E-state index is 14.1. The fraction of sp³-hybridized carbons (Fsp3) is 0.522. The van der Waals surface area contributed by atoms with E-state index in [0.29, 0.717) is 31.2 Å². The van der Waals surface area contributed by atoms with Crippen molar-refractivity contribution in [3.8, 4) is 0 Å². The van der Waals surface area contributed by atoms with Crippen LogP contribution in [0.15, 0.2) is 41.4 Å². The van der Waals surface area contributed by atoms with Gasteiger partial charge in [0.05, 0.1) is 11.8 Å². The van der Waals surface area contributed by atoms with Crippen LogP contribution in [0.25, 0.3) is 0 Å². The molecule has 2 N–H and O–H groups in total. The Morgan fingerprint density at radius 2 is 1.74 bits per heavy atom. The van der Waals surface area contributed by atoms with E-state index in [4.69, 9.17) is 0 Å². The molecule has 4 atom stereocenters. The lowest BCUT2D eigenvalue weighted by molar-refractivity contribution is -0.140. The number of nitrogens with one attached hydrogen (secondary N) is 2. The van der Waals surface area contributed by atoms with E-state index in [9.17, 15) is 14.0 Å². The first kappa shape index (κ1) is 23.7. The van der Waals surface area contributed by atoms with Crippen molar-refractivity contribution in [1.29, 1.82) is 0 Å². The van der Waals surface area contributed by atoms with E-state index < -0.39 is 5.41 Å². The van der Waals surface area contributed by atoms with Crippen molar-refractivity contribution in [3.63, 3.8) is 0 Å². The number of guanidine groups is 1. The molecule has 8 heteroatoms. The number of halogens is 2. The second-order valence-electron chi connectivity index (χ2n) is 9.04. The molecule has 1 aromatic carbocycles. The van der Waals surface area contributed by atoms with Crippen LogP contribution >= 0.6 is 24.0 Å². The van der Waals surface area contributed by atoms with Crippen LogP contribution < -0.4 is 10.6 Å². The van der Waals surface area contributed by atoms with Gasteiger partial charge in [-0.1, -0.05) is 44.2 Å². The number of allylic oxidation sites excluding steroid dienone is 2. The highest BCUT2D eigenvalue weighted by Gasteiger charge is 2.58. The third kappa shape index (κ3) is 4.36. The summed E-state index contributed by atoms with van der Waals surface area (Å²) in [6.07, 6.45) is 5.14. The lowest BCUT2D eigenvalue weighted by Crippen LogP contribution is -2.46. The number of imide groups is 1. The maximum absolute atomic E-state index is 14.1. The minimum Gasteiger partial charge on any atom is -0.356 e. The number of nitrogens with zero attached hydrogens (tertiary/aromatic N) is 2. The molecule has 1 aliphatic heterocycles. The zero-order valence-corrected chi connectivity index (χ0v) is 20.4. The predicted octanol–water partition coefficient (Wildman–Crippen LogP) is 2.69. The first-order valence-corrected chi connectivity index (χ1v) is 10.6. The Labute approximate surface area is 199 Å². The first-order valence-electron chi connectivity index (χ1n) is 10.6. The van der Waals surface area contributed by atoms with Crippen molar-refractivity contribution in [2.45, 2.75) is 25.7 Å². The molecule has 2 amide bonds. The number of hydrogen-bond acceptors (Lipinski definition) is 3. The molecule has 168 valence electrons. The molecule has 1 aromatic rings. The molecule has 1 saturated carbocycles. The largest absolute Gasteiger partial charge is 0.356 e. The Morgan fingerprint density at radius 3 is 2.32 bits per heavy atom. The van der Waals surface area contributed by atoms with E-state index in [1.165, 1.54) is 11.0 Å². The van der Waals surface area contributed by atoms with Crippen molar-refractivity contribution in [2.24, 2.45) is 28.7 Å². The topological polar surface area (TPSA) is 73.8 Å². The van der Waals surface area contributed by atoms with E-state index >= 15 is 0 Å². The van der Waals surface area contributed by atoms with Crippen LogP contribution in [0.1, 0.15) is 25.8 Å². The van der Waals surface area contributed by atoms with E-state index in [0.717, 1.165) is 6.42 Å². The summed E-state index contributed by atoms with van der Waals surface area (Å²) in [5, 5.41) is 6.38. The van der Waals surface area contributed by atoms with Crippen LogP contribution in [0.2, 0.25) is 0 Å². The highest BCUT2D eigenvalue weighted by atomic mass is 127. The number of fused-ring (bicyclic) bond motifs is 5. The molecule has 2 aliphatic carbocycles. The van der Waals surface area contributed by atoms with Crippen molar-refractivity contribution in [3.05, 3.63) is 47.8 Å². The Kier molecular flexibility index (Phi) is 7.08. The molecule has 3 aliphatic rings. The van der Waals surface area contributed by atoms with Gasteiger partial charge in [0, 0.05) is 32.1 Å². The fourth-order valence-electron chi connectivity index (χ4n) is 5.10. The van der Waals surface area contributed by atoms with Crippen molar-refractivity contribution in [1.82, 2.24) is 15.5 Å². The van der Waals surface area contributed by atoms with Gasteiger partial charge in [-0.3, -0.25) is 19.5 Å². The lowest BCUT2D eigenvalue weighted by atomic mass is 9.84. The van der Waals surface area contributed by atoms with Crippen LogP contribution in [-0.2, 0) is 15.0 Å². The summed E-state index contributed by atoms with van der Waals surface area (Å²) >= 11 is 0. The average molecular weight is 540 g/mol. The number of benzene rings is 1. The van der Waals surface area contributed by atoms with Crippen LogP contribution in [0.4, 0.5) is 4.39 Å². The Bertz CT molecular complexity index is 887. The fourth-order valence-corrected chi connectivity index (χ4v) is 5.10. The van der Waals surface area contributed by atoms with Gasteiger partial charge in [-0.25, -0.2) is 4.39 Å². The number of rotatable bonds is 6. The van der Waals surface area contributed by atoms with Gasteiger partial charge in [0.2, 0.25) is 11.8 Å². The highest BCUT2D eigenvalue weighted by Crippen LogP contribution is 2.52. The van der Waals surface area contributed by atoms with Gasteiger partial charge < -0.3 is 10.6 Å². The number of likely N-dealkylation sites (tertiary alicyclic amines) is 1. The molecule has 1 saturated heterocycles. The summed E-state index contributed by atoms with van der Waals surface area (Å²) in [4.78, 5) is 31.1. The SMILES string of the molecule is CN=C(NCCN1C(=O)C2C3C=CC(C3)C2C1=O)NCC(C)(C)c1ccccc1F.I. The normalized spacial score (nSPS) is 26.8. The summed E-state index contributed by atoms with van der Waals surface area (Å²) in [5.74, 6) is 0.388. The van der Waals surface area contributed by atoms with Gasteiger partial charge in [-0.2, -0.15) is 0 Å². The van der Waals surface area contributed by atoms with Gasteiger partial charge in [0.15, 0.2) is 5.96 Å². The molecule has 2 bridgehead atoms. The summed E-state index contributed by atoms with van der Waals surface area (Å²) in [6.45, 7) is 5.15. The Morgan fingerprint density at radius 1 is 1.13 bits per heavy atom. The highest BCUT2D eigenvalue weighted by molar-refractivity contribution is 14.0. The average Bonchev–Trinajstić information content (AvgIpc) is 3.40. The maximum Gasteiger partial charge on any atom is 0.233 e. The third-order valence-corrected chi connectivity index (χ3v) is 6.71. The minimum atomic E-state index is -0.437. The smallest absolute Gasteiger partial charge is 0.233 e. The summed E-state index contributed by atoms with van der Waals surface area (Å²) in [5.41, 5.74) is 0.198. The van der Waals surface area contributed by atoms with Crippen LogP contribution in [0.3, 0.4) is 0 Å². The van der Waals surface area contributed by atoms with Crippen LogP contribution in [-0.4, -0.2) is 49.4 Å². The number of amides is 2. The second-order valence-corrected chi connectivity index (χ2v) is 9.04. The standard InChI is InChI=1S/C23H29FN4O2.HI/c1-23(2,16-6-4-5-7-17(16)24)13-27-22(25-3)26-10-11-28-20(29)18-14-8-9-15(12-14)19(18)21(28)30;/h4-9,14-15,18-19H,10-13H2,1-3H3,(H2,25,26,27);1H. The predicted molar refractivity (Wildman–Crippen MR) is 129 cm³/mol.